The first kappa shape index (κ1) is 19.0. The first-order valence-electron chi connectivity index (χ1n) is 8.11. The molecule has 0 aliphatic carbocycles. The fourth-order valence-electron chi connectivity index (χ4n) is 3.35. The Kier molecular flexibility index (Phi) is 7.62. The normalized spacial score (nSPS) is 26.0. The number of aliphatic imine (C=N–C) groups is 1. The van der Waals surface area contributed by atoms with Crippen LogP contribution >= 0.6 is 39.9 Å². The highest BCUT2D eigenvalue weighted by Gasteiger charge is 2.40. The Labute approximate surface area is 164 Å². The lowest BCUT2D eigenvalue weighted by Crippen LogP contribution is -2.47. The van der Waals surface area contributed by atoms with Crippen LogP contribution in [0.2, 0.25) is 0 Å². The zero-order chi connectivity index (χ0) is 15.4. The molecule has 2 aliphatic rings. The van der Waals surface area contributed by atoms with Crippen molar-refractivity contribution in [1.29, 1.82) is 0 Å². The lowest BCUT2D eigenvalue weighted by atomic mass is 9.96. The smallest absolute Gasteiger partial charge is 0.191 e. The van der Waals surface area contributed by atoms with Gasteiger partial charge < -0.3 is 15.4 Å². The highest BCUT2D eigenvalue weighted by molar-refractivity contribution is 14.0. The van der Waals surface area contributed by atoms with Crippen molar-refractivity contribution in [1.82, 2.24) is 10.6 Å². The third kappa shape index (κ3) is 5.32. The zero-order valence-electron chi connectivity index (χ0n) is 13.4. The van der Waals surface area contributed by atoms with Crippen molar-refractivity contribution in [2.45, 2.75) is 50.4 Å². The van der Waals surface area contributed by atoms with Gasteiger partial charge in [-0.15, -0.1) is 24.0 Å². The minimum atomic E-state index is 0. The molecule has 0 saturated carbocycles. The molecule has 0 aromatic heterocycles. The van der Waals surface area contributed by atoms with E-state index in [1.54, 1.807) is 0 Å². The summed E-state index contributed by atoms with van der Waals surface area (Å²) in [6.45, 7) is 0.924. The van der Waals surface area contributed by atoms with Gasteiger partial charge in [-0.2, -0.15) is 0 Å². The van der Waals surface area contributed by atoms with Crippen LogP contribution < -0.4 is 10.6 Å². The third-order valence-electron chi connectivity index (χ3n) is 4.48. The molecule has 2 heterocycles. The molecule has 3 atom stereocenters. The summed E-state index contributed by atoms with van der Waals surface area (Å²) >= 11 is 3.51. The summed E-state index contributed by atoms with van der Waals surface area (Å²) in [7, 11) is 1.83. The maximum absolute atomic E-state index is 5.88. The molecule has 2 fully saturated rings. The quantitative estimate of drug-likeness (QED) is 0.285. The number of aryl methyl sites for hydroxylation is 1. The summed E-state index contributed by atoms with van der Waals surface area (Å²) in [6, 6.07) is 8.92. The van der Waals surface area contributed by atoms with Crippen molar-refractivity contribution in [3.8, 4) is 0 Å². The molecular formula is C17H25BrIN3O. The Bertz CT molecular complexity index is 540. The number of hydrogen-bond donors (Lipinski definition) is 2. The van der Waals surface area contributed by atoms with Crippen LogP contribution in [0.15, 0.2) is 33.7 Å². The fourth-order valence-corrected chi connectivity index (χ4v) is 3.80. The van der Waals surface area contributed by atoms with Crippen LogP contribution in [-0.4, -0.2) is 37.8 Å². The summed E-state index contributed by atoms with van der Waals surface area (Å²) in [6.07, 6.45) is 6.53. The van der Waals surface area contributed by atoms with Crippen LogP contribution in [0.3, 0.4) is 0 Å². The SMILES string of the molecule is CN=C(NCCCc1cccc(Br)c1)NC1CC2CCC1O2.I. The molecule has 0 amide bonds. The molecule has 1 aromatic carbocycles. The number of nitrogens with one attached hydrogen (secondary N) is 2. The van der Waals surface area contributed by atoms with Crippen molar-refractivity contribution in [2.75, 3.05) is 13.6 Å². The highest BCUT2D eigenvalue weighted by Crippen LogP contribution is 2.34. The van der Waals surface area contributed by atoms with E-state index in [-0.39, 0.29) is 24.0 Å². The number of halogens is 2. The van der Waals surface area contributed by atoms with Gasteiger partial charge in [-0.1, -0.05) is 28.1 Å². The van der Waals surface area contributed by atoms with Crippen molar-refractivity contribution >= 4 is 45.9 Å². The second-order valence-electron chi connectivity index (χ2n) is 6.09. The van der Waals surface area contributed by atoms with Crippen LogP contribution in [0.25, 0.3) is 0 Å². The lowest BCUT2D eigenvalue weighted by molar-refractivity contribution is 0.0992. The molecule has 2 bridgehead atoms. The van der Waals surface area contributed by atoms with Gasteiger partial charge in [-0.3, -0.25) is 4.99 Å². The Morgan fingerprint density at radius 1 is 1.39 bits per heavy atom. The second kappa shape index (κ2) is 9.22. The molecule has 128 valence electrons. The Balaban J connectivity index is 0.00000192. The average molecular weight is 494 g/mol. The predicted octanol–water partition coefficient (Wildman–Crippen LogP) is 3.48. The number of ether oxygens (including phenoxy) is 1. The zero-order valence-corrected chi connectivity index (χ0v) is 17.3. The van der Waals surface area contributed by atoms with E-state index in [0.717, 1.165) is 36.2 Å². The molecule has 2 saturated heterocycles. The van der Waals surface area contributed by atoms with Crippen LogP contribution in [0.5, 0.6) is 0 Å². The van der Waals surface area contributed by atoms with E-state index >= 15 is 0 Å². The number of rotatable bonds is 5. The van der Waals surface area contributed by atoms with E-state index in [9.17, 15) is 0 Å². The molecule has 4 nitrogen and oxygen atoms in total. The van der Waals surface area contributed by atoms with E-state index in [4.69, 9.17) is 4.74 Å². The van der Waals surface area contributed by atoms with Crippen LogP contribution in [-0.2, 0) is 11.2 Å². The number of hydrogen-bond acceptors (Lipinski definition) is 2. The maximum atomic E-state index is 5.88. The van der Waals surface area contributed by atoms with Crippen LogP contribution in [0, 0.1) is 0 Å². The van der Waals surface area contributed by atoms with Gasteiger partial charge in [0, 0.05) is 18.1 Å². The Morgan fingerprint density at radius 3 is 2.91 bits per heavy atom. The summed E-state index contributed by atoms with van der Waals surface area (Å²) in [5, 5.41) is 6.92. The number of nitrogens with zero attached hydrogens (tertiary/aromatic N) is 1. The predicted molar refractivity (Wildman–Crippen MR) is 109 cm³/mol. The van der Waals surface area contributed by atoms with E-state index in [1.807, 2.05) is 7.05 Å². The molecule has 23 heavy (non-hydrogen) atoms. The van der Waals surface area contributed by atoms with Gasteiger partial charge in [0.05, 0.1) is 18.2 Å². The van der Waals surface area contributed by atoms with Gasteiger partial charge >= 0.3 is 0 Å². The van der Waals surface area contributed by atoms with Gasteiger partial charge in [0.25, 0.3) is 0 Å². The molecule has 3 unspecified atom stereocenters. The minimum Gasteiger partial charge on any atom is -0.373 e. The first-order chi connectivity index (χ1) is 10.7. The second-order valence-corrected chi connectivity index (χ2v) is 7.01. The van der Waals surface area contributed by atoms with Gasteiger partial charge in [0.2, 0.25) is 0 Å². The summed E-state index contributed by atoms with van der Waals surface area (Å²) in [5.74, 6) is 0.899. The summed E-state index contributed by atoms with van der Waals surface area (Å²) < 4.78 is 7.02. The van der Waals surface area contributed by atoms with E-state index in [0.29, 0.717) is 18.2 Å². The molecule has 3 rings (SSSR count). The average Bonchev–Trinajstić information content (AvgIpc) is 3.13. The van der Waals surface area contributed by atoms with Gasteiger partial charge in [-0.25, -0.2) is 0 Å². The van der Waals surface area contributed by atoms with Crippen molar-refractivity contribution in [2.24, 2.45) is 4.99 Å². The maximum Gasteiger partial charge on any atom is 0.191 e. The number of guanidine groups is 1. The summed E-state index contributed by atoms with van der Waals surface area (Å²) in [5.41, 5.74) is 1.36. The standard InChI is InChI=1S/C17H24BrN3O.HI/c1-19-17(21-15-11-14-7-8-16(15)22-14)20-9-3-5-12-4-2-6-13(18)10-12;/h2,4,6,10,14-16H,3,5,7-9,11H2,1H3,(H2,19,20,21);1H. The van der Waals surface area contributed by atoms with Gasteiger partial charge in [0.1, 0.15) is 0 Å². The molecular weight excluding hydrogens is 469 g/mol. The fraction of sp³-hybridized carbons (Fsp3) is 0.588. The van der Waals surface area contributed by atoms with Crippen LogP contribution in [0.4, 0.5) is 0 Å². The van der Waals surface area contributed by atoms with Gasteiger partial charge in [-0.05, 0) is 49.8 Å². The molecule has 2 aliphatic heterocycles. The topological polar surface area (TPSA) is 45.7 Å². The monoisotopic (exact) mass is 493 g/mol. The molecule has 0 spiro atoms. The lowest BCUT2D eigenvalue weighted by Gasteiger charge is -2.22. The van der Waals surface area contributed by atoms with Crippen LogP contribution in [0.1, 0.15) is 31.2 Å². The first-order valence-corrected chi connectivity index (χ1v) is 8.91. The molecule has 2 N–H and O–H groups in total. The highest BCUT2D eigenvalue weighted by atomic mass is 127. The molecule has 0 radical (unpaired) electrons. The molecule has 1 aromatic rings. The number of benzene rings is 1. The van der Waals surface area contributed by atoms with Crippen molar-refractivity contribution in [3.63, 3.8) is 0 Å². The Morgan fingerprint density at radius 2 is 2.26 bits per heavy atom. The van der Waals surface area contributed by atoms with E-state index in [2.05, 4.69) is 55.8 Å². The summed E-state index contributed by atoms with van der Waals surface area (Å²) in [4.78, 5) is 4.33. The molecule has 6 heteroatoms. The third-order valence-corrected chi connectivity index (χ3v) is 4.97. The number of fused-ring (bicyclic) bond motifs is 2. The van der Waals surface area contributed by atoms with Gasteiger partial charge in [0.15, 0.2) is 5.96 Å². The van der Waals surface area contributed by atoms with Crippen molar-refractivity contribution < 1.29 is 4.74 Å². The van der Waals surface area contributed by atoms with E-state index in [1.165, 1.54) is 18.4 Å². The largest absolute Gasteiger partial charge is 0.373 e. The van der Waals surface area contributed by atoms with E-state index < -0.39 is 0 Å². The Hall–Kier alpha value is -0.340. The minimum absolute atomic E-state index is 0. The van der Waals surface area contributed by atoms with Crippen molar-refractivity contribution in [3.05, 3.63) is 34.3 Å².